The number of hydrogen-bond donors (Lipinski definition) is 2. The molecule has 0 aliphatic heterocycles. The van der Waals surface area contributed by atoms with Crippen LogP contribution in [0.5, 0.6) is 0 Å². The molecule has 1 aromatic carbocycles. The van der Waals surface area contributed by atoms with Crippen molar-refractivity contribution in [3.05, 3.63) is 29.8 Å². The van der Waals surface area contributed by atoms with Crippen LogP contribution in [0.3, 0.4) is 0 Å². The predicted molar refractivity (Wildman–Crippen MR) is 83.2 cm³/mol. The van der Waals surface area contributed by atoms with Crippen LogP contribution < -0.4 is 10.0 Å². The van der Waals surface area contributed by atoms with E-state index in [2.05, 4.69) is 10.0 Å². The van der Waals surface area contributed by atoms with Crippen molar-refractivity contribution in [2.24, 2.45) is 0 Å². The fourth-order valence-corrected chi connectivity index (χ4v) is 3.64. The van der Waals surface area contributed by atoms with Gasteiger partial charge in [0.2, 0.25) is 10.0 Å². The molecule has 0 bridgehead atoms. The maximum Gasteiger partial charge on any atom is 0.251 e. The van der Waals surface area contributed by atoms with Crippen LogP contribution in [0.25, 0.3) is 0 Å². The third kappa shape index (κ3) is 4.06. The van der Waals surface area contributed by atoms with Gasteiger partial charge in [-0.15, -0.1) is 0 Å². The van der Waals surface area contributed by atoms with Gasteiger partial charge in [0, 0.05) is 18.7 Å². The molecule has 1 amide bonds. The molecule has 0 atom stereocenters. The second-order valence-electron chi connectivity index (χ2n) is 5.70. The summed E-state index contributed by atoms with van der Waals surface area (Å²) < 4.78 is 32.8. The van der Waals surface area contributed by atoms with Crippen LogP contribution in [0.2, 0.25) is 0 Å². The zero-order valence-corrected chi connectivity index (χ0v) is 13.8. The number of benzene rings is 1. The number of hydrogen-bond acceptors (Lipinski definition) is 4. The molecule has 1 aliphatic carbocycles. The molecule has 122 valence electrons. The lowest BCUT2D eigenvalue weighted by atomic mass is 9.90. The van der Waals surface area contributed by atoms with Gasteiger partial charge in [0.05, 0.1) is 17.1 Å². The van der Waals surface area contributed by atoms with Gasteiger partial charge in [-0.25, -0.2) is 13.1 Å². The van der Waals surface area contributed by atoms with Gasteiger partial charge in [0.15, 0.2) is 0 Å². The van der Waals surface area contributed by atoms with Crippen LogP contribution in [0.4, 0.5) is 0 Å². The minimum Gasteiger partial charge on any atom is -0.375 e. The van der Waals surface area contributed by atoms with Crippen LogP contribution in [-0.2, 0) is 14.8 Å². The van der Waals surface area contributed by atoms with Gasteiger partial charge in [-0.2, -0.15) is 0 Å². The van der Waals surface area contributed by atoms with Crippen molar-refractivity contribution >= 4 is 15.9 Å². The van der Waals surface area contributed by atoms with Gasteiger partial charge in [0.25, 0.3) is 5.91 Å². The Hall–Kier alpha value is -1.44. The van der Waals surface area contributed by atoms with Gasteiger partial charge in [0.1, 0.15) is 0 Å². The highest BCUT2D eigenvalue weighted by molar-refractivity contribution is 7.89. The van der Waals surface area contributed by atoms with Gasteiger partial charge in [-0.1, -0.05) is 0 Å². The molecule has 0 aromatic heterocycles. The van der Waals surface area contributed by atoms with Crippen molar-refractivity contribution in [2.45, 2.75) is 49.8 Å². The Labute approximate surface area is 131 Å². The Kier molecular flexibility index (Phi) is 5.20. The van der Waals surface area contributed by atoms with Crippen molar-refractivity contribution in [1.82, 2.24) is 10.0 Å². The van der Waals surface area contributed by atoms with E-state index in [1.54, 1.807) is 0 Å². The summed E-state index contributed by atoms with van der Waals surface area (Å²) in [5.41, 5.74) is 0.426. The molecule has 0 spiro atoms. The molecule has 2 N–H and O–H groups in total. The first-order chi connectivity index (χ1) is 10.3. The fraction of sp³-hybridized carbons (Fsp3) is 0.533. The summed E-state index contributed by atoms with van der Waals surface area (Å²) >= 11 is 0. The first kappa shape index (κ1) is 16.9. The van der Waals surface area contributed by atoms with Gasteiger partial charge in [-0.05, 0) is 51.0 Å². The Morgan fingerprint density at radius 3 is 2.32 bits per heavy atom. The van der Waals surface area contributed by atoms with E-state index in [0.717, 1.165) is 0 Å². The molecule has 1 saturated carbocycles. The maximum absolute atomic E-state index is 12.3. The van der Waals surface area contributed by atoms with Crippen LogP contribution in [0, 0.1) is 0 Å². The van der Waals surface area contributed by atoms with Crippen molar-refractivity contribution in [2.75, 3.05) is 7.05 Å². The largest absolute Gasteiger partial charge is 0.375 e. The monoisotopic (exact) mass is 326 g/mol. The third-order valence-corrected chi connectivity index (χ3v) is 5.07. The molecule has 22 heavy (non-hydrogen) atoms. The molecule has 7 heteroatoms. The summed E-state index contributed by atoms with van der Waals surface area (Å²) in [6.45, 7) is 3.93. The first-order valence-corrected chi connectivity index (χ1v) is 8.80. The van der Waals surface area contributed by atoms with E-state index >= 15 is 0 Å². The summed E-state index contributed by atoms with van der Waals surface area (Å²) in [6.07, 6.45) is 1.66. The number of rotatable bonds is 6. The highest BCUT2D eigenvalue weighted by Gasteiger charge is 2.33. The highest BCUT2D eigenvalue weighted by Crippen LogP contribution is 2.26. The zero-order valence-electron chi connectivity index (χ0n) is 13.0. The second kappa shape index (κ2) is 6.76. The molecule has 1 aliphatic rings. The molecule has 0 radical (unpaired) electrons. The molecular weight excluding hydrogens is 304 g/mol. The van der Waals surface area contributed by atoms with Crippen LogP contribution in [0.1, 0.15) is 37.0 Å². The van der Waals surface area contributed by atoms with Crippen LogP contribution >= 0.6 is 0 Å². The van der Waals surface area contributed by atoms with E-state index < -0.39 is 10.0 Å². The van der Waals surface area contributed by atoms with Crippen molar-refractivity contribution in [1.29, 1.82) is 0 Å². The van der Waals surface area contributed by atoms with E-state index in [0.29, 0.717) is 18.4 Å². The summed E-state index contributed by atoms with van der Waals surface area (Å²) in [5, 5.41) is 2.49. The normalized spacial score (nSPS) is 21.5. The van der Waals surface area contributed by atoms with Crippen molar-refractivity contribution in [3.8, 4) is 0 Å². The minimum atomic E-state index is -3.56. The Balaban J connectivity index is 1.95. The van der Waals surface area contributed by atoms with Crippen molar-refractivity contribution in [3.63, 3.8) is 0 Å². The molecule has 6 nitrogen and oxygen atoms in total. The molecule has 2 rings (SSSR count). The summed E-state index contributed by atoms with van der Waals surface area (Å²) in [6, 6.07) is 5.78. The quantitative estimate of drug-likeness (QED) is 0.825. The number of ether oxygens (including phenoxy) is 1. The molecule has 1 aromatic rings. The lowest BCUT2D eigenvalue weighted by Crippen LogP contribution is -2.48. The van der Waals surface area contributed by atoms with E-state index in [1.807, 2.05) is 13.8 Å². The number of carbonyl (C=O) groups is 1. The van der Waals surface area contributed by atoms with Gasteiger partial charge >= 0.3 is 0 Å². The fourth-order valence-electron chi connectivity index (χ4n) is 2.38. The minimum absolute atomic E-state index is 0.0904. The number of nitrogens with one attached hydrogen (secondary N) is 2. The van der Waals surface area contributed by atoms with E-state index in [4.69, 9.17) is 4.74 Å². The lowest BCUT2D eigenvalue weighted by molar-refractivity contribution is -0.0459. The summed E-state index contributed by atoms with van der Waals surface area (Å²) in [5.74, 6) is -0.246. The Morgan fingerprint density at radius 1 is 1.23 bits per heavy atom. The van der Waals surface area contributed by atoms with Crippen LogP contribution in [-0.4, -0.2) is 39.6 Å². The van der Waals surface area contributed by atoms with E-state index in [9.17, 15) is 13.2 Å². The van der Waals surface area contributed by atoms with Gasteiger partial charge < -0.3 is 10.1 Å². The molecule has 0 unspecified atom stereocenters. The highest BCUT2D eigenvalue weighted by atomic mass is 32.2. The molecule has 1 fully saturated rings. The SMILES string of the molecule is CNC(=O)c1ccc(S(=O)(=O)NC2CC(OC(C)C)C2)cc1. The molecular formula is C15H22N2O4S. The lowest BCUT2D eigenvalue weighted by Gasteiger charge is -2.36. The summed E-state index contributed by atoms with van der Waals surface area (Å²) in [7, 11) is -2.03. The average molecular weight is 326 g/mol. The third-order valence-electron chi connectivity index (χ3n) is 3.54. The van der Waals surface area contributed by atoms with Gasteiger partial charge in [-0.3, -0.25) is 4.79 Å². The Morgan fingerprint density at radius 2 is 1.82 bits per heavy atom. The Bertz CT molecular complexity index is 619. The topological polar surface area (TPSA) is 84.5 Å². The smallest absolute Gasteiger partial charge is 0.251 e. The molecule has 0 saturated heterocycles. The van der Waals surface area contributed by atoms with E-state index in [1.165, 1.54) is 31.3 Å². The second-order valence-corrected chi connectivity index (χ2v) is 7.41. The van der Waals surface area contributed by atoms with E-state index in [-0.39, 0.29) is 29.1 Å². The standard InChI is InChI=1S/C15H22N2O4S/c1-10(2)21-13-8-12(9-13)17-22(19,20)14-6-4-11(5-7-14)15(18)16-3/h4-7,10,12-13,17H,8-9H2,1-3H3,(H,16,18). The zero-order chi connectivity index (χ0) is 16.3. The van der Waals surface area contributed by atoms with Crippen molar-refractivity contribution < 1.29 is 17.9 Å². The first-order valence-electron chi connectivity index (χ1n) is 7.31. The molecule has 0 heterocycles. The number of sulfonamides is 1. The predicted octanol–water partition coefficient (Wildman–Crippen LogP) is 1.28. The maximum atomic E-state index is 12.3. The van der Waals surface area contributed by atoms with Crippen LogP contribution in [0.15, 0.2) is 29.2 Å². The average Bonchev–Trinajstić information content (AvgIpc) is 2.43. The summed E-state index contributed by atoms with van der Waals surface area (Å²) in [4.78, 5) is 11.6. The number of amides is 1. The number of carbonyl (C=O) groups excluding carboxylic acids is 1.